The summed E-state index contributed by atoms with van der Waals surface area (Å²) in [5.41, 5.74) is 0. The van der Waals surface area contributed by atoms with E-state index < -0.39 is 0 Å². The first-order chi connectivity index (χ1) is 8.04. The second-order valence-electron chi connectivity index (χ2n) is 4.81. The molecule has 1 rings (SSSR count). The molecule has 1 fully saturated rings. The number of rotatable bonds is 4. The van der Waals surface area contributed by atoms with Gasteiger partial charge in [0.2, 0.25) is 5.91 Å². The van der Waals surface area contributed by atoms with Crippen LogP contribution in [0, 0.1) is 5.92 Å². The van der Waals surface area contributed by atoms with E-state index in [-0.39, 0.29) is 11.9 Å². The van der Waals surface area contributed by atoms with Gasteiger partial charge in [0.25, 0.3) is 0 Å². The van der Waals surface area contributed by atoms with Gasteiger partial charge in [-0.05, 0) is 38.5 Å². The molecule has 0 unspecified atom stereocenters. The van der Waals surface area contributed by atoms with E-state index in [1.165, 1.54) is 0 Å². The summed E-state index contributed by atoms with van der Waals surface area (Å²) in [5.74, 6) is 0.473. The fourth-order valence-corrected chi connectivity index (χ4v) is 2.45. The molecule has 0 aliphatic heterocycles. The van der Waals surface area contributed by atoms with E-state index in [0.29, 0.717) is 25.0 Å². The lowest BCUT2D eigenvalue weighted by atomic mass is 9.83. The smallest absolute Gasteiger partial charge is 0.306 e. The van der Waals surface area contributed by atoms with Gasteiger partial charge in [-0.3, -0.25) is 9.59 Å². The van der Waals surface area contributed by atoms with Crippen molar-refractivity contribution in [2.75, 3.05) is 13.7 Å². The maximum atomic E-state index is 11.3. The zero-order valence-corrected chi connectivity index (χ0v) is 11.1. The highest BCUT2D eigenvalue weighted by Gasteiger charge is 2.26. The van der Waals surface area contributed by atoms with Crippen LogP contribution in [-0.2, 0) is 14.3 Å². The van der Waals surface area contributed by atoms with E-state index in [9.17, 15) is 9.59 Å². The lowest BCUT2D eigenvalue weighted by Crippen LogP contribution is -2.38. The lowest BCUT2D eigenvalue weighted by molar-refractivity contribution is -0.144. The van der Waals surface area contributed by atoms with Crippen molar-refractivity contribution >= 4 is 11.9 Å². The third kappa shape index (κ3) is 4.36. The van der Waals surface area contributed by atoms with E-state index in [0.717, 1.165) is 25.7 Å². The largest absolute Gasteiger partial charge is 0.466 e. The second-order valence-corrected chi connectivity index (χ2v) is 4.81. The van der Waals surface area contributed by atoms with Crippen LogP contribution >= 0.6 is 0 Å². The summed E-state index contributed by atoms with van der Waals surface area (Å²) < 4.78 is 4.95. The number of nitrogens with zero attached hydrogens (tertiary/aromatic N) is 1. The molecule has 0 saturated heterocycles. The van der Waals surface area contributed by atoms with Crippen molar-refractivity contribution in [1.29, 1.82) is 0 Å². The number of carbonyl (C=O) groups excluding carboxylic acids is 2. The number of hydrogen-bond acceptors (Lipinski definition) is 3. The fourth-order valence-electron chi connectivity index (χ4n) is 2.45. The van der Waals surface area contributed by atoms with E-state index in [1.54, 1.807) is 6.92 Å². The fraction of sp³-hybridized carbons (Fsp3) is 0.846. The third-order valence-electron chi connectivity index (χ3n) is 3.62. The van der Waals surface area contributed by atoms with Gasteiger partial charge in [0.1, 0.15) is 0 Å². The molecule has 1 aliphatic carbocycles. The zero-order chi connectivity index (χ0) is 12.8. The maximum absolute atomic E-state index is 11.3. The molecule has 1 amide bonds. The van der Waals surface area contributed by atoms with Crippen molar-refractivity contribution < 1.29 is 14.3 Å². The quantitative estimate of drug-likeness (QED) is 0.707. The number of carbonyl (C=O) groups is 2. The van der Waals surface area contributed by atoms with Crippen LogP contribution in [0.3, 0.4) is 0 Å². The number of ether oxygens (including phenoxy) is 1. The van der Waals surface area contributed by atoms with Crippen LogP contribution in [0.2, 0.25) is 0 Å². The average Bonchev–Trinajstić information content (AvgIpc) is 2.29. The summed E-state index contributed by atoms with van der Waals surface area (Å²) in [6, 6.07) is 0.353. The number of hydrogen-bond donors (Lipinski definition) is 0. The number of esters is 1. The van der Waals surface area contributed by atoms with Crippen molar-refractivity contribution in [2.45, 2.75) is 52.0 Å². The molecule has 4 heteroatoms. The molecule has 0 aromatic rings. The van der Waals surface area contributed by atoms with Gasteiger partial charge >= 0.3 is 5.97 Å². The summed E-state index contributed by atoms with van der Waals surface area (Å²) in [7, 11) is 1.86. The molecule has 0 radical (unpaired) electrons. The molecule has 98 valence electrons. The summed E-state index contributed by atoms with van der Waals surface area (Å²) in [4.78, 5) is 24.4. The Hall–Kier alpha value is -1.06. The highest BCUT2D eigenvalue weighted by atomic mass is 16.5. The van der Waals surface area contributed by atoms with Crippen molar-refractivity contribution in [2.24, 2.45) is 5.92 Å². The van der Waals surface area contributed by atoms with Gasteiger partial charge in [-0.15, -0.1) is 0 Å². The average molecular weight is 241 g/mol. The minimum atomic E-state index is -0.0872. The summed E-state index contributed by atoms with van der Waals surface area (Å²) in [6.45, 7) is 3.89. The van der Waals surface area contributed by atoms with Gasteiger partial charge in [-0.2, -0.15) is 0 Å². The number of amides is 1. The molecule has 17 heavy (non-hydrogen) atoms. The molecule has 1 aliphatic rings. The van der Waals surface area contributed by atoms with E-state index in [1.807, 2.05) is 18.9 Å². The van der Waals surface area contributed by atoms with Gasteiger partial charge in [-0.25, -0.2) is 0 Å². The summed E-state index contributed by atoms with van der Waals surface area (Å²) >= 11 is 0. The molecular formula is C13H23NO3. The first kappa shape index (κ1) is 14.0. The van der Waals surface area contributed by atoms with Crippen LogP contribution in [-0.4, -0.2) is 36.5 Å². The van der Waals surface area contributed by atoms with Crippen molar-refractivity contribution in [3.05, 3.63) is 0 Å². The lowest BCUT2D eigenvalue weighted by Gasteiger charge is -2.33. The van der Waals surface area contributed by atoms with Gasteiger partial charge in [0.15, 0.2) is 0 Å². The molecule has 0 N–H and O–H groups in total. The molecule has 0 aromatic carbocycles. The first-order valence-corrected chi connectivity index (χ1v) is 6.43. The summed E-state index contributed by atoms with van der Waals surface area (Å²) in [5, 5.41) is 0. The van der Waals surface area contributed by atoms with Crippen molar-refractivity contribution in [3.8, 4) is 0 Å². The summed E-state index contributed by atoms with van der Waals surface area (Å²) in [6.07, 6.45) is 4.56. The topological polar surface area (TPSA) is 46.6 Å². The Morgan fingerprint density at radius 3 is 2.29 bits per heavy atom. The van der Waals surface area contributed by atoms with Crippen LogP contribution in [0.5, 0.6) is 0 Å². The van der Waals surface area contributed by atoms with Crippen LogP contribution < -0.4 is 0 Å². The van der Waals surface area contributed by atoms with Gasteiger partial charge < -0.3 is 9.64 Å². The van der Waals surface area contributed by atoms with E-state index in [4.69, 9.17) is 4.74 Å². The molecule has 0 bridgehead atoms. The van der Waals surface area contributed by atoms with Gasteiger partial charge in [-0.1, -0.05) is 0 Å². The molecular weight excluding hydrogens is 218 g/mol. The van der Waals surface area contributed by atoms with Crippen LogP contribution in [0.1, 0.15) is 46.0 Å². The van der Waals surface area contributed by atoms with Crippen molar-refractivity contribution in [1.82, 2.24) is 4.90 Å². The van der Waals surface area contributed by atoms with Crippen LogP contribution in [0.4, 0.5) is 0 Å². The van der Waals surface area contributed by atoms with E-state index in [2.05, 4.69) is 0 Å². The Kier molecular flexibility index (Phi) is 5.45. The van der Waals surface area contributed by atoms with Gasteiger partial charge in [0, 0.05) is 26.4 Å². The Bertz CT molecular complexity index is 270. The Morgan fingerprint density at radius 2 is 1.82 bits per heavy atom. The van der Waals surface area contributed by atoms with Crippen LogP contribution in [0.25, 0.3) is 0 Å². The predicted octanol–water partition coefficient (Wildman–Crippen LogP) is 1.98. The SMILES string of the molecule is CCOC(=O)C[C@H]1CC[C@H](N(C)C(C)=O)CC1. The normalized spacial score (nSPS) is 24.2. The molecule has 4 nitrogen and oxygen atoms in total. The Morgan fingerprint density at radius 1 is 1.24 bits per heavy atom. The van der Waals surface area contributed by atoms with E-state index >= 15 is 0 Å². The molecule has 1 saturated carbocycles. The maximum Gasteiger partial charge on any atom is 0.306 e. The molecule has 0 atom stereocenters. The third-order valence-corrected chi connectivity index (χ3v) is 3.62. The van der Waals surface area contributed by atoms with Gasteiger partial charge in [0.05, 0.1) is 6.61 Å². The second kappa shape index (κ2) is 6.62. The highest BCUT2D eigenvalue weighted by molar-refractivity contribution is 5.73. The Labute approximate surface area is 103 Å². The van der Waals surface area contributed by atoms with Crippen molar-refractivity contribution in [3.63, 3.8) is 0 Å². The first-order valence-electron chi connectivity index (χ1n) is 6.43. The van der Waals surface area contributed by atoms with Crippen LogP contribution in [0.15, 0.2) is 0 Å². The molecule has 0 aromatic heterocycles. The standard InChI is InChI=1S/C13H23NO3/c1-4-17-13(16)9-11-5-7-12(8-6-11)14(3)10(2)15/h11-12H,4-9H2,1-3H3/t11-,12-. The minimum absolute atomic E-state index is 0.0872. The highest BCUT2D eigenvalue weighted by Crippen LogP contribution is 2.29. The minimum Gasteiger partial charge on any atom is -0.466 e. The molecule has 0 spiro atoms. The zero-order valence-electron chi connectivity index (χ0n) is 11.1. The monoisotopic (exact) mass is 241 g/mol. The predicted molar refractivity (Wildman–Crippen MR) is 65.4 cm³/mol. The molecule has 0 heterocycles. The Balaban J connectivity index is 2.30.